The summed E-state index contributed by atoms with van der Waals surface area (Å²) in [6.45, 7) is 5.84. The van der Waals surface area contributed by atoms with Gasteiger partial charge in [-0.15, -0.1) is 0 Å². The van der Waals surface area contributed by atoms with Gasteiger partial charge in [-0.3, -0.25) is 9.97 Å². The van der Waals surface area contributed by atoms with E-state index >= 15 is 0 Å². The van der Waals surface area contributed by atoms with Crippen LogP contribution in [0.3, 0.4) is 0 Å². The molecule has 0 fully saturated rings. The summed E-state index contributed by atoms with van der Waals surface area (Å²) in [5.41, 5.74) is 3.87. The molecule has 0 saturated carbocycles. The lowest BCUT2D eigenvalue weighted by atomic mass is 10.1. The molecule has 0 saturated heterocycles. The largest absolute Gasteiger partial charge is 0.255 e. The van der Waals surface area contributed by atoms with E-state index in [1.54, 1.807) is 6.20 Å². The first-order valence-electron chi connectivity index (χ1n) is 4.81. The van der Waals surface area contributed by atoms with Gasteiger partial charge in [0.25, 0.3) is 0 Å². The molecule has 0 aliphatic heterocycles. The first-order valence-corrected chi connectivity index (χ1v) is 4.81. The first-order chi connectivity index (χ1) is 7.27. The van der Waals surface area contributed by atoms with Crippen LogP contribution >= 0.6 is 0 Å². The fourth-order valence-electron chi connectivity index (χ4n) is 1.31. The van der Waals surface area contributed by atoms with Gasteiger partial charge in [-0.05, 0) is 36.3 Å². The van der Waals surface area contributed by atoms with Crippen LogP contribution in [-0.2, 0) is 0 Å². The van der Waals surface area contributed by atoms with Gasteiger partial charge in [-0.2, -0.15) is 0 Å². The topological polar surface area (TPSA) is 25.8 Å². The van der Waals surface area contributed by atoms with Gasteiger partial charge in [0.2, 0.25) is 0 Å². The molecule has 0 amide bonds. The number of nitrogens with zero attached hydrogens (tertiary/aromatic N) is 2. The predicted octanol–water partition coefficient (Wildman–Crippen LogP) is 3.18. The van der Waals surface area contributed by atoms with Gasteiger partial charge in [0.05, 0.1) is 11.4 Å². The number of hydrogen-bond donors (Lipinski definition) is 0. The molecule has 0 radical (unpaired) electrons. The Hall–Kier alpha value is -1.96. The molecule has 2 heteroatoms. The Labute approximate surface area is 89.3 Å². The minimum atomic E-state index is 0.889. The smallest absolute Gasteiger partial charge is 0.0886 e. The van der Waals surface area contributed by atoms with E-state index in [-0.39, 0.29) is 0 Å². The van der Waals surface area contributed by atoms with E-state index in [0.29, 0.717) is 0 Å². The second-order valence-corrected chi connectivity index (χ2v) is 3.43. The van der Waals surface area contributed by atoms with Crippen molar-refractivity contribution in [2.24, 2.45) is 0 Å². The summed E-state index contributed by atoms with van der Waals surface area (Å²) in [4.78, 5) is 8.59. The Bertz CT molecular complexity index is 458. The molecule has 74 valence electrons. The molecular formula is C13H12N2. The van der Waals surface area contributed by atoms with Crippen LogP contribution in [0.5, 0.6) is 0 Å². The summed E-state index contributed by atoms with van der Waals surface area (Å²) in [5.74, 6) is 0. The highest BCUT2D eigenvalue weighted by molar-refractivity contribution is 5.63. The van der Waals surface area contributed by atoms with E-state index in [1.807, 2.05) is 43.5 Å². The molecule has 0 N–H and O–H groups in total. The molecule has 15 heavy (non-hydrogen) atoms. The van der Waals surface area contributed by atoms with Crippen LogP contribution in [0.1, 0.15) is 12.5 Å². The third kappa shape index (κ3) is 2.10. The van der Waals surface area contributed by atoms with Crippen molar-refractivity contribution < 1.29 is 0 Å². The summed E-state index contributed by atoms with van der Waals surface area (Å²) in [6.07, 6.45) is 3.59. The number of rotatable bonds is 2. The van der Waals surface area contributed by atoms with Crippen LogP contribution in [0.4, 0.5) is 0 Å². The maximum atomic E-state index is 4.35. The van der Waals surface area contributed by atoms with Crippen molar-refractivity contribution in [3.63, 3.8) is 0 Å². The summed E-state index contributed by atoms with van der Waals surface area (Å²) >= 11 is 0. The van der Waals surface area contributed by atoms with Gasteiger partial charge < -0.3 is 0 Å². The van der Waals surface area contributed by atoms with Gasteiger partial charge >= 0.3 is 0 Å². The molecule has 0 aliphatic carbocycles. The summed E-state index contributed by atoms with van der Waals surface area (Å²) in [7, 11) is 0. The standard InChI is InChI=1S/C13H12N2/c1-10(2)11-6-7-13(15-9-11)12-5-3-4-8-14-12/h3-9H,1H2,2H3. The van der Waals surface area contributed by atoms with Crippen LogP contribution in [-0.4, -0.2) is 9.97 Å². The van der Waals surface area contributed by atoms with Crippen LogP contribution < -0.4 is 0 Å². The molecule has 0 bridgehead atoms. The molecule has 2 heterocycles. The van der Waals surface area contributed by atoms with Crippen LogP contribution in [0.25, 0.3) is 17.0 Å². The SMILES string of the molecule is C=C(C)c1ccc(-c2ccccn2)nc1. The highest BCUT2D eigenvalue weighted by Gasteiger charge is 1.99. The zero-order chi connectivity index (χ0) is 10.7. The van der Waals surface area contributed by atoms with Crippen molar-refractivity contribution in [1.82, 2.24) is 9.97 Å². The van der Waals surface area contributed by atoms with Crippen LogP contribution in [0.15, 0.2) is 49.3 Å². The fraction of sp³-hybridized carbons (Fsp3) is 0.0769. The lowest BCUT2D eigenvalue weighted by Gasteiger charge is -2.01. The quantitative estimate of drug-likeness (QED) is 0.737. The Morgan fingerprint density at radius 3 is 2.40 bits per heavy atom. The maximum Gasteiger partial charge on any atom is 0.0886 e. The monoisotopic (exact) mass is 196 g/mol. The molecule has 0 atom stereocenters. The zero-order valence-corrected chi connectivity index (χ0v) is 8.64. The summed E-state index contributed by atoms with van der Waals surface area (Å²) in [5, 5.41) is 0. The van der Waals surface area contributed by atoms with Crippen molar-refractivity contribution in [3.05, 3.63) is 54.9 Å². The summed E-state index contributed by atoms with van der Waals surface area (Å²) < 4.78 is 0. The third-order valence-corrected chi connectivity index (χ3v) is 2.18. The maximum absolute atomic E-state index is 4.35. The van der Waals surface area contributed by atoms with Gasteiger partial charge in [0.15, 0.2) is 0 Å². The van der Waals surface area contributed by atoms with Crippen LogP contribution in [0, 0.1) is 0 Å². The Kier molecular flexibility index (Phi) is 2.59. The number of pyridine rings is 2. The molecule has 0 aliphatic rings. The van der Waals surface area contributed by atoms with E-state index in [0.717, 1.165) is 22.5 Å². The van der Waals surface area contributed by atoms with E-state index in [2.05, 4.69) is 16.5 Å². The second kappa shape index (κ2) is 4.05. The minimum absolute atomic E-state index is 0.889. The fourth-order valence-corrected chi connectivity index (χ4v) is 1.31. The average molecular weight is 196 g/mol. The van der Waals surface area contributed by atoms with Crippen molar-refractivity contribution in [1.29, 1.82) is 0 Å². The average Bonchev–Trinajstić information content (AvgIpc) is 2.30. The third-order valence-electron chi connectivity index (χ3n) is 2.18. The molecule has 0 unspecified atom stereocenters. The van der Waals surface area contributed by atoms with E-state index < -0.39 is 0 Å². The van der Waals surface area contributed by atoms with Crippen LogP contribution in [0.2, 0.25) is 0 Å². The summed E-state index contributed by atoms with van der Waals surface area (Å²) in [6, 6.07) is 9.77. The Morgan fingerprint density at radius 1 is 1.07 bits per heavy atom. The van der Waals surface area contributed by atoms with Gasteiger partial charge in [0.1, 0.15) is 0 Å². The van der Waals surface area contributed by atoms with Crippen molar-refractivity contribution >= 4 is 5.57 Å². The van der Waals surface area contributed by atoms with Gasteiger partial charge in [-0.1, -0.05) is 18.7 Å². The number of hydrogen-bond acceptors (Lipinski definition) is 2. The van der Waals surface area contributed by atoms with Gasteiger partial charge in [-0.25, -0.2) is 0 Å². The van der Waals surface area contributed by atoms with Crippen molar-refractivity contribution in [2.45, 2.75) is 6.92 Å². The first kappa shape index (κ1) is 9.59. The van der Waals surface area contributed by atoms with E-state index in [1.165, 1.54) is 0 Å². The molecule has 2 aromatic heterocycles. The zero-order valence-electron chi connectivity index (χ0n) is 8.64. The Morgan fingerprint density at radius 2 is 1.87 bits per heavy atom. The molecule has 2 nitrogen and oxygen atoms in total. The van der Waals surface area contributed by atoms with Crippen molar-refractivity contribution in [2.75, 3.05) is 0 Å². The van der Waals surface area contributed by atoms with E-state index in [9.17, 15) is 0 Å². The molecule has 2 rings (SSSR count). The molecule has 0 aromatic carbocycles. The second-order valence-electron chi connectivity index (χ2n) is 3.43. The molecule has 2 aromatic rings. The number of aromatic nitrogens is 2. The lowest BCUT2D eigenvalue weighted by molar-refractivity contribution is 1.24. The van der Waals surface area contributed by atoms with Gasteiger partial charge in [0, 0.05) is 12.4 Å². The normalized spacial score (nSPS) is 9.93. The highest BCUT2D eigenvalue weighted by atomic mass is 14.8. The molecule has 0 spiro atoms. The Balaban J connectivity index is 2.36. The molecular weight excluding hydrogens is 184 g/mol. The number of allylic oxidation sites excluding steroid dienone is 1. The predicted molar refractivity (Wildman–Crippen MR) is 62.2 cm³/mol. The highest BCUT2D eigenvalue weighted by Crippen LogP contribution is 2.16. The lowest BCUT2D eigenvalue weighted by Crippen LogP contribution is -1.87. The minimum Gasteiger partial charge on any atom is -0.255 e. The van der Waals surface area contributed by atoms with Crippen molar-refractivity contribution in [3.8, 4) is 11.4 Å². The van der Waals surface area contributed by atoms with E-state index in [4.69, 9.17) is 0 Å².